The minimum atomic E-state index is 0. The van der Waals surface area contributed by atoms with E-state index in [1.54, 1.807) is 6.92 Å². The van der Waals surface area contributed by atoms with Gasteiger partial charge in [-0.1, -0.05) is 26.3 Å². The first-order chi connectivity index (χ1) is 5.01. The van der Waals surface area contributed by atoms with Crippen molar-refractivity contribution in [1.29, 1.82) is 0 Å². The van der Waals surface area contributed by atoms with Crippen LogP contribution < -0.4 is 63.3 Å². The first-order valence-corrected chi connectivity index (χ1v) is 4.21. The summed E-state index contributed by atoms with van der Waals surface area (Å²) < 4.78 is 0. The van der Waals surface area contributed by atoms with Crippen LogP contribution in [-0.4, -0.2) is 0 Å². The summed E-state index contributed by atoms with van der Waals surface area (Å²) >= 11 is 0. The third kappa shape index (κ3) is 6.35. The van der Waals surface area contributed by atoms with Gasteiger partial charge in [-0.05, 0) is 11.8 Å². The zero-order valence-electron chi connectivity index (χ0n) is 8.93. The predicted octanol–water partition coefficient (Wildman–Crippen LogP) is -1.11. The molecule has 0 saturated carbocycles. The maximum Gasteiger partial charge on any atom is 1.00 e. The largest absolute Gasteiger partial charge is 1.03 e. The molecule has 0 aromatic rings. The normalized spacial score (nSPS) is 24.8. The van der Waals surface area contributed by atoms with Gasteiger partial charge >= 0.3 is 58.2 Å². The quantitative estimate of drug-likeness (QED) is 0.387. The van der Waals surface area contributed by atoms with Gasteiger partial charge in [0.1, 0.15) is 0 Å². The monoisotopic (exact) mass is 424 g/mol. The van der Waals surface area contributed by atoms with E-state index in [0.29, 0.717) is 11.5 Å². The topological polar surface area (TPSA) is 23.1 Å². The maximum atomic E-state index is 11.0. The second-order valence-electron chi connectivity index (χ2n) is 4.10. The SMILES string of the molecule is C[C-]([O-])[C@H]1C=CC(C)(C)CC1.[Rb+].[Re]. The van der Waals surface area contributed by atoms with Crippen molar-refractivity contribution in [2.75, 3.05) is 0 Å². The molecule has 0 aromatic carbocycles. The first kappa shape index (κ1) is 17.6. The van der Waals surface area contributed by atoms with Crippen LogP contribution in [0.2, 0.25) is 0 Å². The fraction of sp³-hybridized carbons (Fsp3) is 0.700. The van der Waals surface area contributed by atoms with Crippen LogP contribution in [0.5, 0.6) is 0 Å². The van der Waals surface area contributed by atoms with E-state index in [0.717, 1.165) is 12.8 Å². The van der Waals surface area contributed by atoms with Crippen molar-refractivity contribution in [3.63, 3.8) is 0 Å². The summed E-state index contributed by atoms with van der Waals surface area (Å²) in [5.41, 5.74) is 0.311. The van der Waals surface area contributed by atoms with Crippen molar-refractivity contribution < 1.29 is 83.7 Å². The van der Waals surface area contributed by atoms with E-state index in [1.165, 1.54) is 0 Å². The van der Waals surface area contributed by atoms with E-state index in [2.05, 4.69) is 26.0 Å². The maximum absolute atomic E-state index is 11.0. The second-order valence-corrected chi connectivity index (χ2v) is 4.10. The molecule has 1 aliphatic carbocycles. The summed E-state index contributed by atoms with van der Waals surface area (Å²) in [6.07, 6.45) is 6.69. The number of hydrogen-bond acceptors (Lipinski definition) is 1. The van der Waals surface area contributed by atoms with Crippen molar-refractivity contribution in [2.24, 2.45) is 11.3 Å². The fourth-order valence-corrected chi connectivity index (χ4v) is 1.42. The molecule has 1 aliphatic rings. The summed E-state index contributed by atoms with van der Waals surface area (Å²) in [6, 6.07) is 0. The van der Waals surface area contributed by atoms with Crippen molar-refractivity contribution >= 4 is 0 Å². The molecule has 1 rings (SSSR count). The van der Waals surface area contributed by atoms with Crippen LogP contribution >= 0.6 is 0 Å². The zero-order valence-corrected chi connectivity index (χ0v) is 16.6. The third-order valence-corrected chi connectivity index (χ3v) is 2.40. The Labute approximate surface area is 144 Å². The molecule has 13 heavy (non-hydrogen) atoms. The third-order valence-electron chi connectivity index (χ3n) is 2.40. The molecule has 0 N–H and O–H groups in total. The van der Waals surface area contributed by atoms with Gasteiger partial charge in [0.2, 0.25) is 0 Å². The molecule has 3 heteroatoms. The predicted molar refractivity (Wildman–Crippen MR) is 44.6 cm³/mol. The molecule has 0 aromatic heterocycles. The molecule has 0 spiro atoms. The average molecular weight is 424 g/mol. The molecule has 0 heterocycles. The number of allylic oxidation sites excluding steroid dienone is 1. The minimum absolute atomic E-state index is 0. The van der Waals surface area contributed by atoms with E-state index in [-0.39, 0.29) is 84.5 Å². The van der Waals surface area contributed by atoms with Gasteiger partial charge in [-0.2, -0.15) is 5.92 Å². The molecule has 0 bridgehead atoms. The van der Waals surface area contributed by atoms with Crippen LogP contribution in [0.1, 0.15) is 33.6 Å². The Hall–Kier alpha value is 2.17. The molecular formula is C10H16ORbRe-. The van der Waals surface area contributed by atoms with E-state index in [1.807, 2.05) is 0 Å². The van der Waals surface area contributed by atoms with Crippen LogP contribution in [0, 0.1) is 17.4 Å². The number of rotatable bonds is 1. The Bertz CT molecular complexity index is 166. The summed E-state index contributed by atoms with van der Waals surface area (Å²) in [7, 11) is 0. The van der Waals surface area contributed by atoms with Crippen molar-refractivity contribution in [2.45, 2.75) is 33.6 Å². The molecule has 0 saturated heterocycles. The van der Waals surface area contributed by atoms with Gasteiger partial charge in [-0.25, -0.2) is 6.92 Å². The van der Waals surface area contributed by atoms with Crippen molar-refractivity contribution in [3.8, 4) is 0 Å². The first-order valence-electron chi connectivity index (χ1n) is 4.21. The van der Waals surface area contributed by atoms with E-state index >= 15 is 0 Å². The second kappa shape index (κ2) is 7.44. The van der Waals surface area contributed by atoms with Crippen molar-refractivity contribution in [3.05, 3.63) is 18.3 Å². The van der Waals surface area contributed by atoms with Gasteiger partial charge in [-0.3, -0.25) is 0 Å². The molecular weight excluding hydrogens is 408 g/mol. The van der Waals surface area contributed by atoms with Gasteiger partial charge in [0.25, 0.3) is 0 Å². The fourth-order valence-electron chi connectivity index (χ4n) is 1.42. The molecule has 0 aliphatic heterocycles. The molecule has 1 nitrogen and oxygen atoms in total. The van der Waals surface area contributed by atoms with Gasteiger partial charge in [0.15, 0.2) is 0 Å². The van der Waals surface area contributed by atoms with Crippen LogP contribution in [0.3, 0.4) is 0 Å². The Morgan fingerprint density at radius 1 is 1.46 bits per heavy atom. The Morgan fingerprint density at radius 3 is 2.31 bits per heavy atom. The molecule has 0 amide bonds. The zero-order chi connectivity index (χ0) is 8.48. The van der Waals surface area contributed by atoms with Crippen LogP contribution in [0.15, 0.2) is 12.2 Å². The molecule has 0 fully saturated rings. The smallest absolute Gasteiger partial charge is 1.00 e. The van der Waals surface area contributed by atoms with Gasteiger partial charge < -0.3 is 11.2 Å². The Morgan fingerprint density at radius 2 is 2.00 bits per heavy atom. The standard InChI is InChI=1S/C10H16O.Rb.Re/c1-8(11)9-4-6-10(2,3)7-5-9;;/h4,6,9H,5,7H2,1-3H3;;/q-2;+1;/t9-;;/m0../s1. The summed E-state index contributed by atoms with van der Waals surface area (Å²) in [5.74, 6) is 0.197. The molecule has 1 radical (unpaired) electrons. The minimum Gasteiger partial charge on any atom is -1.03 e. The number of hydrogen-bond donors (Lipinski definition) is 0. The van der Waals surface area contributed by atoms with E-state index < -0.39 is 0 Å². The van der Waals surface area contributed by atoms with Crippen LogP contribution in [0.4, 0.5) is 0 Å². The summed E-state index contributed by atoms with van der Waals surface area (Å²) in [6.45, 7) is 6.09. The van der Waals surface area contributed by atoms with E-state index in [9.17, 15) is 5.11 Å². The van der Waals surface area contributed by atoms with Crippen LogP contribution in [0.25, 0.3) is 0 Å². The van der Waals surface area contributed by atoms with Crippen molar-refractivity contribution in [1.82, 2.24) is 0 Å². The Balaban J connectivity index is 0. The van der Waals surface area contributed by atoms with Gasteiger partial charge in [0, 0.05) is 20.4 Å². The summed E-state index contributed by atoms with van der Waals surface area (Å²) in [5, 5.41) is 11.0. The summed E-state index contributed by atoms with van der Waals surface area (Å²) in [4.78, 5) is 0. The van der Waals surface area contributed by atoms with Crippen LogP contribution in [-0.2, 0) is 20.4 Å². The molecule has 1 atom stereocenters. The molecule has 0 unspecified atom stereocenters. The average Bonchev–Trinajstić information content (AvgIpc) is 1.86. The molecule has 71 valence electrons. The van der Waals surface area contributed by atoms with Gasteiger partial charge in [-0.15, -0.1) is 6.08 Å². The van der Waals surface area contributed by atoms with E-state index in [4.69, 9.17) is 0 Å². The Kier molecular flexibility index (Phi) is 10.1. The van der Waals surface area contributed by atoms with Gasteiger partial charge in [0.05, 0.1) is 0 Å².